The minimum atomic E-state index is -0.130. The third kappa shape index (κ3) is 2.84. The summed E-state index contributed by atoms with van der Waals surface area (Å²) in [6, 6.07) is 10.0. The molecule has 0 unspecified atom stereocenters. The van der Waals surface area contributed by atoms with Crippen molar-refractivity contribution in [2.45, 2.75) is 6.92 Å². The van der Waals surface area contributed by atoms with Crippen molar-refractivity contribution < 1.29 is 9.53 Å². The van der Waals surface area contributed by atoms with Crippen LogP contribution >= 0.6 is 0 Å². The summed E-state index contributed by atoms with van der Waals surface area (Å²) in [5, 5.41) is 4.81. The normalized spacial score (nSPS) is 11.3. The van der Waals surface area contributed by atoms with Gasteiger partial charge in [0.15, 0.2) is 0 Å². The summed E-state index contributed by atoms with van der Waals surface area (Å²) in [5.41, 5.74) is 5.57. The number of H-pyrrole nitrogens is 2. The van der Waals surface area contributed by atoms with E-state index in [1.165, 1.54) is 5.56 Å². The van der Waals surface area contributed by atoms with Gasteiger partial charge in [0.2, 0.25) is 0 Å². The Morgan fingerprint density at radius 3 is 2.96 bits per heavy atom. The molecule has 0 spiro atoms. The number of pyridine rings is 1. The first kappa shape index (κ1) is 16.4. The molecule has 0 aliphatic carbocycles. The van der Waals surface area contributed by atoms with E-state index in [-0.39, 0.29) is 5.91 Å². The Kier molecular flexibility index (Phi) is 4.18. The summed E-state index contributed by atoms with van der Waals surface area (Å²) in [6.45, 7) is 3.02. The van der Waals surface area contributed by atoms with Crippen LogP contribution in [-0.4, -0.2) is 41.1 Å². The molecule has 4 aromatic rings. The Morgan fingerprint density at radius 2 is 2.12 bits per heavy atom. The van der Waals surface area contributed by atoms with Crippen molar-refractivity contribution in [2.24, 2.45) is 0 Å². The number of benzene rings is 1. The van der Waals surface area contributed by atoms with Gasteiger partial charge in [-0.25, -0.2) is 4.98 Å². The molecule has 0 saturated heterocycles. The van der Waals surface area contributed by atoms with Crippen molar-refractivity contribution in [3.05, 3.63) is 53.9 Å². The van der Waals surface area contributed by atoms with Gasteiger partial charge in [-0.2, -0.15) is 0 Å². The maximum Gasteiger partial charge on any atom is 0.252 e. The highest BCUT2D eigenvalue weighted by atomic mass is 16.5. The highest BCUT2D eigenvalue weighted by Crippen LogP contribution is 2.31. The molecule has 132 valence electrons. The molecule has 26 heavy (non-hydrogen) atoms. The van der Waals surface area contributed by atoms with E-state index in [1.54, 1.807) is 19.4 Å². The molecular weight excluding hydrogens is 328 g/mol. The molecular formula is C20H20N4O2. The molecule has 0 atom stereocenters. The molecule has 0 fully saturated rings. The number of aryl methyl sites for hydroxylation is 1. The first-order chi connectivity index (χ1) is 12.7. The zero-order valence-electron chi connectivity index (χ0n) is 14.7. The summed E-state index contributed by atoms with van der Waals surface area (Å²) in [7, 11) is 1.61. The third-order valence-electron chi connectivity index (χ3n) is 4.50. The number of hydrogen-bond donors (Lipinski definition) is 3. The maximum atomic E-state index is 12.5. The van der Waals surface area contributed by atoms with Crippen LogP contribution in [0.25, 0.3) is 33.2 Å². The summed E-state index contributed by atoms with van der Waals surface area (Å²) < 4.78 is 4.98. The van der Waals surface area contributed by atoms with Crippen molar-refractivity contribution in [1.82, 2.24) is 20.3 Å². The molecule has 1 amide bonds. The van der Waals surface area contributed by atoms with Crippen LogP contribution in [0.5, 0.6) is 0 Å². The fourth-order valence-corrected chi connectivity index (χ4v) is 3.19. The summed E-state index contributed by atoms with van der Waals surface area (Å²) >= 11 is 0. The average Bonchev–Trinajstić information content (AvgIpc) is 3.24. The number of carbonyl (C=O) groups excluding carboxylic acids is 1. The molecule has 1 aromatic carbocycles. The Bertz CT molecular complexity index is 1090. The average molecular weight is 348 g/mol. The van der Waals surface area contributed by atoms with Gasteiger partial charge in [0.25, 0.3) is 5.91 Å². The van der Waals surface area contributed by atoms with E-state index in [1.807, 2.05) is 12.3 Å². The van der Waals surface area contributed by atoms with Gasteiger partial charge in [-0.15, -0.1) is 0 Å². The van der Waals surface area contributed by atoms with E-state index in [0.29, 0.717) is 24.4 Å². The lowest BCUT2D eigenvalue weighted by molar-refractivity contribution is 0.0938. The molecule has 0 aliphatic rings. The lowest BCUT2D eigenvalue weighted by atomic mass is 10.1. The largest absolute Gasteiger partial charge is 0.383 e. The number of ether oxygens (including phenoxy) is 1. The minimum absolute atomic E-state index is 0.130. The molecule has 0 radical (unpaired) electrons. The first-order valence-electron chi connectivity index (χ1n) is 8.50. The number of aromatic nitrogens is 3. The van der Waals surface area contributed by atoms with Crippen LogP contribution in [0.1, 0.15) is 15.9 Å². The van der Waals surface area contributed by atoms with Gasteiger partial charge < -0.3 is 20.0 Å². The molecule has 3 aromatic heterocycles. The quantitative estimate of drug-likeness (QED) is 0.483. The Hall–Kier alpha value is -3.12. The standard InChI is InChI=1S/C20H20N4O2/c1-12-3-4-17-14(9-12)16(11-23-17)18-10-15-13(5-6-21-19(15)24-18)20(25)22-7-8-26-2/h3-6,9-11,23H,7-8H2,1-2H3,(H,21,24)(H,22,25). The number of methoxy groups -OCH3 is 1. The number of nitrogens with zero attached hydrogens (tertiary/aromatic N) is 1. The predicted molar refractivity (Wildman–Crippen MR) is 102 cm³/mol. The number of carbonyl (C=O) groups is 1. The van der Waals surface area contributed by atoms with Crippen molar-refractivity contribution in [3.63, 3.8) is 0 Å². The molecule has 4 rings (SSSR count). The van der Waals surface area contributed by atoms with E-state index in [9.17, 15) is 4.79 Å². The van der Waals surface area contributed by atoms with E-state index < -0.39 is 0 Å². The zero-order chi connectivity index (χ0) is 18.1. The molecule has 6 nitrogen and oxygen atoms in total. The predicted octanol–water partition coefficient (Wildman–Crippen LogP) is 3.40. The monoisotopic (exact) mass is 348 g/mol. The highest BCUT2D eigenvalue weighted by molar-refractivity contribution is 6.07. The van der Waals surface area contributed by atoms with Gasteiger partial charge in [0.1, 0.15) is 5.65 Å². The van der Waals surface area contributed by atoms with Crippen molar-refractivity contribution >= 4 is 27.8 Å². The summed E-state index contributed by atoms with van der Waals surface area (Å²) in [4.78, 5) is 23.5. The van der Waals surface area contributed by atoms with Gasteiger partial charge in [-0.3, -0.25) is 4.79 Å². The van der Waals surface area contributed by atoms with Gasteiger partial charge >= 0.3 is 0 Å². The zero-order valence-corrected chi connectivity index (χ0v) is 14.7. The topological polar surface area (TPSA) is 82.8 Å². The summed E-state index contributed by atoms with van der Waals surface area (Å²) in [6.07, 6.45) is 3.63. The number of aromatic amines is 2. The van der Waals surface area contributed by atoms with Crippen LogP contribution in [0.4, 0.5) is 0 Å². The van der Waals surface area contributed by atoms with E-state index in [2.05, 4.69) is 45.4 Å². The number of rotatable bonds is 5. The van der Waals surface area contributed by atoms with Crippen molar-refractivity contribution in [1.29, 1.82) is 0 Å². The maximum absolute atomic E-state index is 12.5. The molecule has 3 heterocycles. The number of hydrogen-bond acceptors (Lipinski definition) is 3. The van der Waals surface area contributed by atoms with Crippen molar-refractivity contribution in [3.8, 4) is 11.3 Å². The SMILES string of the molecule is COCCNC(=O)c1ccnc2[nH]c(-c3c[nH]c4ccc(C)cc34)cc12. The fraction of sp³-hybridized carbons (Fsp3) is 0.200. The lowest BCUT2D eigenvalue weighted by Crippen LogP contribution is -2.27. The van der Waals surface area contributed by atoms with Gasteiger partial charge in [0.05, 0.1) is 12.2 Å². The summed E-state index contributed by atoms with van der Waals surface area (Å²) in [5.74, 6) is -0.130. The number of nitrogens with one attached hydrogen (secondary N) is 3. The highest BCUT2D eigenvalue weighted by Gasteiger charge is 2.15. The fourth-order valence-electron chi connectivity index (χ4n) is 3.19. The Morgan fingerprint density at radius 1 is 1.23 bits per heavy atom. The van der Waals surface area contributed by atoms with Crippen molar-refractivity contribution in [2.75, 3.05) is 20.3 Å². The molecule has 0 aliphatic heterocycles. The lowest BCUT2D eigenvalue weighted by Gasteiger charge is -2.04. The van der Waals surface area contributed by atoms with Gasteiger partial charge in [-0.05, 0) is 31.2 Å². The molecule has 3 N–H and O–H groups in total. The van der Waals surface area contributed by atoms with Crippen LogP contribution in [0.3, 0.4) is 0 Å². The third-order valence-corrected chi connectivity index (χ3v) is 4.50. The molecule has 6 heteroatoms. The van der Waals surface area contributed by atoms with E-state index >= 15 is 0 Å². The molecule has 0 saturated carbocycles. The second-order valence-corrected chi connectivity index (χ2v) is 6.30. The van der Waals surface area contributed by atoms with E-state index in [4.69, 9.17) is 4.74 Å². The minimum Gasteiger partial charge on any atom is -0.383 e. The van der Waals surface area contributed by atoms with Crippen LogP contribution in [-0.2, 0) is 4.74 Å². The van der Waals surface area contributed by atoms with Crippen LogP contribution in [0, 0.1) is 6.92 Å². The Labute approximate surface area is 150 Å². The number of fused-ring (bicyclic) bond motifs is 2. The van der Waals surface area contributed by atoms with Gasteiger partial charge in [0, 0.05) is 53.6 Å². The second-order valence-electron chi connectivity index (χ2n) is 6.30. The Balaban J connectivity index is 1.77. The molecule has 0 bridgehead atoms. The van der Waals surface area contributed by atoms with E-state index in [0.717, 1.165) is 27.5 Å². The van der Waals surface area contributed by atoms with Gasteiger partial charge in [-0.1, -0.05) is 11.6 Å². The van der Waals surface area contributed by atoms with Crippen LogP contribution in [0.15, 0.2) is 42.7 Å². The first-order valence-corrected chi connectivity index (χ1v) is 8.50. The van der Waals surface area contributed by atoms with Crippen LogP contribution in [0.2, 0.25) is 0 Å². The smallest absolute Gasteiger partial charge is 0.252 e. The van der Waals surface area contributed by atoms with Crippen LogP contribution < -0.4 is 5.32 Å². The second kappa shape index (κ2) is 6.65. The number of amides is 1.